The molecule has 0 aromatic heterocycles. The van der Waals surface area contributed by atoms with Crippen LogP contribution in [0.3, 0.4) is 0 Å². The largest absolute Gasteiger partial charge is 0.510 e. The van der Waals surface area contributed by atoms with Crippen LogP contribution >= 0.6 is 0 Å². The lowest BCUT2D eigenvalue weighted by Gasteiger charge is -2.36. The van der Waals surface area contributed by atoms with E-state index in [1.807, 2.05) is 0 Å². The number of benzene rings is 1. The predicted molar refractivity (Wildman–Crippen MR) is 127 cm³/mol. The minimum atomic E-state index is -5.27. The van der Waals surface area contributed by atoms with Crippen molar-refractivity contribution in [2.75, 3.05) is 0 Å². The van der Waals surface area contributed by atoms with Gasteiger partial charge in [0.1, 0.15) is 11.2 Å². The highest BCUT2D eigenvalue weighted by Gasteiger charge is 2.60. The van der Waals surface area contributed by atoms with Gasteiger partial charge in [-0.1, -0.05) is 26.0 Å². The van der Waals surface area contributed by atoms with Gasteiger partial charge < -0.3 is 18.9 Å². The van der Waals surface area contributed by atoms with Crippen molar-refractivity contribution < 1.29 is 54.9 Å². The van der Waals surface area contributed by atoms with E-state index in [9.17, 15) is 35.9 Å². The Morgan fingerprint density at radius 3 is 1.21 bits per heavy atom. The maximum atomic E-state index is 14.4. The van der Waals surface area contributed by atoms with E-state index in [4.69, 9.17) is 18.9 Å². The molecule has 0 saturated carbocycles. The molecule has 0 fully saturated rings. The number of alkyl halides is 6. The van der Waals surface area contributed by atoms with Crippen molar-refractivity contribution >= 4 is 12.3 Å². The first-order chi connectivity index (χ1) is 16.8. The standard InChI is InChI=1S/C26H36F6O6/c1-11-15(2)16-12-17(23(9,25(27,28)29)37-19(33)35-21(3,4)5)14-18(13-16)24(10,26(30,31)32)38-20(34)36-22(6,7)8/h12-15H,11H2,1-10H3. The van der Waals surface area contributed by atoms with Gasteiger partial charge in [-0.15, -0.1) is 0 Å². The summed E-state index contributed by atoms with van der Waals surface area (Å²) >= 11 is 0. The van der Waals surface area contributed by atoms with E-state index < -0.39 is 64.1 Å². The second-order valence-electron chi connectivity index (χ2n) is 11.3. The molecule has 0 saturated heterocycles. The molecule has 218 valence electrons. The molecule has 0 aliphatic rings. The zero-order valence-electron chi connectivity index (χ0n) is 23.2. The Kier molecular flexibility index (Phi) is 9.52. The van der Waals surface area contributed by atoms with Crippen LogP contribution in [0.2, 0.25) is 0 Å². The second-order valence-corrected chi connectivity index (χ2v) is 11.3. The molecule has 1 aromatic rings. The number of ether oxygens (including phenoxy) is 4. The molecule has 0 heterocycles. The molecular weight excluding hydrogens is 522 g/mol. The molecule has 3 atom stereocenters. The Bertz CT molecular complexity index is 933. The molecule has 0 spiro atoms. The van der Waals surface area contributed by atoms with Crippen molar-refractivity contribution in [1.82, 2.24) is 0 Å². The van der Waals surface area contributed by atoms with Crippen molar-refractivity contribution in [2.45, 2.75) is 116 Å². The van der Waals surface area contributed by atoms with E-state index >= 15 is 0 Å². The molecule has 0 radical (unpaired) electrons. The molecule has 38 heavy (non-hydrogen) atoms. The molecular formula is C26H36F6O6. The van der Waals surface area contributed by atoms with E-state index in [1.165, 1.54) is 41.5 Å². The maximum Gasteiger partial charge on any atom is 0.510 e. The number of hydrogen-bond donors (Lipinski definition) is 0. The summed E-state index contributed by atoms with van der Waals surface area (Å²) in [5.74, 6) is -0.508. The number of rotatable bonds is 6. The monoisotopic (exact) mass is 558 g/mol. The van der Waals surface area contributed by atoms with Crippen LogP contribution in [0.4, 0.5) is 35.9 Å². The third-order valence-electron chi connectivity index (χ3n) is 5.67. The molecule has 0 aliphatic heterocycles. The van der Waals surface area contributed by atoms with Crippen molar-refractivity contribution in [2.24, 2.45) is 0 Å². The van der Waals surface area contributed by atoms with Gasteiger partial charge in [0, 0.05) is 11.1 Å². The summed E-state index contributed by atoms with van der Waals surface area (Å²) in [6, 6.07) is 2.58. The van der Waals surface area contributed by atoms with E-state index in [0.717, 1.165) is 12.1 Å². The third-order valence-corrected chi connectivity index (χ3v) is 5.67. The quantitative estimate of drug-likeness (QED) is 0.257. The van der Waals surface area contributed by atoms with Crippen molar-refractivity contribution in [3.63, 3.8) is 0 Å². The Balaban J connectivity index is 3.91. The van der Waals surface area contributed by atoms with Crippen molar-refractivity contribution in [3.8, 4) is 0 Å². The van der Waals surface area contributed by atoms with Crippen LogP contribution in [-0.2, 0) is 30.1 Å². The number of halogens is 6. The molecule has 0 aliphatic carbocycles. The number of carbonyl (C=O) groups excluding carboxylic acids is 2. The fourth-order valence-electron chi connectivity index (χ4n) is 3.16. The van der Waals surface area contributed by atoms with E-state index in [2.05, 4.69) is 0 Å². The average molecular weight is 559 g/mol. The number of hydrogen-bond acceptors (Lipinski definition) is 6. The lowest BCUT2D eigenvalue weighted by atomic mass is 9.83. The van der Waals surface area contributed by atoms with Gasteiger partial charge in [-0.3, -0.25) is 0 Å². The maximum absolute atomic E-state index is 14.4. The SMILES string of the molecule is CCC(C)c1cc(C(C)(OC(=O)OC(C)(C)C)C(F)(F)F)cc(C(C)(OC(=O)OC(C)(C)C)C(F)(F)F)c1. The fraction of sp³-hybridized carbons (Fsp3) is 0.692. The summed E-state index contributed by atoms with van der Waals surface area (Å²) in [5.41, 5.74) is -10.8. The minimum absolute atomic E-state index is 0.0755. The van der Waals surface area contributed by atoms with Crippen LogP contribution in [0.5, 0.6) is 0 Å². The van der Waals surface area contributed by atoms with Crippen LogP contribution in [0.1, 0.15) is 98.3 Å². The van der Waals surface area contributed by atoms with Gasteiger partial charge >= 0.3 is 24.7 Å². The van der Waals surface area contributed by atoms with Crippen molar-refractivity contribution in [3.05, 3.63) is 34.9 Å². The lowest BCUT2D eigenvalue weighted by molar-refractivity contribution is -0.267. The van der Waals surface area contributed by atoms with Crippen LogP contribution in [-0.4, -0.2) is 35.9 Å². The molecule has 1 rings (SSSR count). The van der Waals surface area contributed by atoms with E-state index in [0.29, 0.717) is 26.3 Å². The van der Waals surface area contributed by atoms with Crippen LogP contribution in [0.15, 0.2) is 18.2 Å². The Morgan fingerprint density at radius 2 is 0.974 bits per heavy atom. The predicted octanol–water partition coefficient (Wildman–Crippen LogP) is 8.66. The smallest absolute Gasteiger partial charge is 0.429 e. The summed E-state index contributed by atoms with van der Waals surface area (Å²) in [7, 11) is 0. The summed E-state index contributed by atoms with van der Waals surface area (Å²) < 4.78 is 106. The third kappa shape index (κ3) is 8.17. The fourth-order valence-corrected chi connectivity index (χ4v) is 3.16. The Hall–Kier alpha value is -2.66. The summed E-state index contributed by atoms with van der Waals surface area (Å²) in [6.45, 7) is 12.7. The van der Waals surface area contributed by atoms with Crippen LogP contribution in [0.25, 0.3) is 0 Å². The molecule has 6 nitrogen and oxygen atoms in total. The summed E-state index contributed by atoms with van der Waals surface area (Å²) in [5, 5.41) is 0. The molecule has 0 bridgehead atoms. The first-order valence-corrected chi connectivity index (χ1v) is 11.9. The molecule has 12 heteroatoms. The Labute approximate surface area is 219 Å². The van der Waals surface area contributed by atoms with Gasteiger partial charge in [-0.2, -0.15) is 26.3 Å². The first-order valence-electron chi connectivity index (χ1n) is 11.9. The first kappa shape index (κ1) is 33.4. The highest BCUT2D eigenvalue weighted by Crippen LogP contribution is 2.48. The summed E-state index contributed by atoms with van der Waals surface area (Å²) in [4.78, 5) is 24.6. The zero-order chi connectivity index (χ0) is 30.1. The molecule has 1 aromatic carbocycles. The molecule has 0 N–H and O–H groups in total. The van der Waals surface area contributed by atoms with Gasteiger partial charge in [0.25, 0.3) is 0 Å². The van der Waals surface area contributed by atoms with Gasteiger partial charge in [-0.25, -0.2) is 9.59 Å². The van der Waals surface area contributed by atoms with E-state index in [1.54, 1.807) is 13.8 Å². The van der Waals surface area contributed by atoms with Gasteiger partial charge in [0.2, 0.25) is 11.2 Å². The van der Waals surface area contributed by atoms with Gasteiger partial charge in [-0.05, 0) is 79.4 Å². The number of carbonyl (C=O) groups is 2. The minimum Gasteiger partial charge on any atom is -0.429 e. The molecule has 0 amide bonds. The second kappa shape index (κ2) is 10.8. The topological polar surface area (TPSA) is 71.1 Å². The Morgan fingerprint density at radius 1 is 0.658 bits per heavy atom. The van der Waals surface area contributed by atoms with E-state index in [-0.39, 0.29) is 5.56 Å². The van der Waals surface area contributed by atoms with Gasteiger partial charge in [0.05, 0.1) is 0 Å². The molecule has 3 unspecified atom stereocenters. The van der Waals surface area contributed by atoms with Crippen LogP contribution in [0, 0.1) is 0 Å². The summed E-state index contributed by atoms with van der Waals surface area (Å²) in [6.07, 6.45) is -13.5. The van der Waals surface area contributed by atoms with Gasteiger partial charge in [0.15, 0.2) is 0 Å². The lowest BCUT2D eigenvalue weighted by Crippen LogP contribution is -2.47. The highest BCUT2D eigenvalue weighted by atomic mass is 19.4. The average Bonchev–Trinajstić information content (AvgIpc) is 2.67. The highest BCUT2D eigenvalue weighted by molar-refractivity contribution is 5.63. The van der Waals surface area contributed by atoms with Crippen molar-refractivity contribution in [1.29, 1.82) is 0 Å². The zero-order valence-corrected chi connectivity index (χ0v) is 23.2. The normalized spacial score (nSPS) is 17.1. The van der Waals surface area contributed by atoms with Crippen LogP contribution < -0.4 is 0 Å².